The van der Waals surface area contributed by atoms with Gasteiger partial charge in [-0.2, -0.15) is 0 Å². The number of aldehydes is 1. The van der Waals surface area contributed by atoms with Crippen molar-refractivity contribution in [3.05, 3.63) is 11.6 Å². The fraction of sp³-hybridized carbons (Fsp3) is 0.727. The van der Waals surface area contributed by atoms with Gasteiger partial charge in [-0.15, -0.1) is 0 Å². The molecule has 0 radical (unpaired) electrons. The summed E-state index contributed by atoms with van der Waals surface area (Å²) >= 11 is 0. The molecule has 2 atom stereocenters. The summed E-state index contributed by atoms with van der Waals surface area (Å²) in [4.78, 5) is 10.5. The largest absolute Gasteiger partial charge is 0.344 e. The van der Waals surface area contributed by atoms with Gasteiger partial charge in [0.15, 0.2) is 5.79 Å². The third-order valence-electron chi connectivity index (χ3n) is 2.43. The van der Waals surface area contributed by atoms with Gasteiger partial charge in [-0.1, -0.05) is 0 Å². The smallest absolute Gasteiger partial charge is 0.164 e. The van der Waals surface area contributed by atoms with Crippen molar-refractivity contribution >= 4 is 6.29 Å². The monoisotopic (exact) mass is 198 g/mol. The summed E-state index contributed by atoms with van der Waals surface area (Å²) in [7, 11) is 0. The van der Waals surface area contributed by atoms with Crippen molar-refractivity contribution < 1.29 is 14.3 Å². The maximum absolute atomic E-state index is 10.5. The Morgan fingerprint density at radius 3 is 2.29 bits per heavy atom. The first-order chi connectivity index (χ1) is 6.29. The number of hydrogen-bond acceptors (Lipinski definition) is 3. The minimum Gasteiger partial charge on any atom is -0.344 e. The molecule has 80 valence electrons. The van der Waals surface area contributed by atoms with Crippen LogP contribution in [-0.2, 0) is 14.3 Å². The van der Waals surface area contributed by atoms with Gasteiger partial charge in [0, 0.05) is 0 Å². The van der Waals surface area contributed by atoms with Gasteiger partial charge < -0.3 is 9.47 Å². The summed E-state index contributed by atoms with van der Waals surface area (Å²) in [5, 5.41) is 0. The van der Waals surface area contributed by atoms with Crippen molar-refractivity contribution in [1.82, 2.24) is 0 Å². The topological polar surface area (TPSA) is 35.5 Å². The average molecular weight is 198 g/mol. The average Bonchev–Trinajstić information content (AvgIpc) is 2.20. The summed E-state index contributed by atoms with van der Waals surface area (Å²) in [5.74, 6) is -0.576. The molecule has 1 aliphatic rings. The molecule has 0 aromatic heterocycles. The van der Waals surface area contributed by atoms with Crippen molar-refractivity contribution in [2.24, 2.45) is 0 Å². The van der Waals surface area contributed by atoms with Crippen molar-refractivity contribution in [3.63, 3.8) is 0 Å². The molecule has 1 heterocycles. The second-order valence-electron chi connectivity index (χ2n) is 4.45. The predicted molar refractivity (Wildman–Crippen MR) is 53.9 cm³/mol. The minimum atomic E-state index is -0.576. The summed E-state index contributed by atoms with van der Waals surface area (Å²) in [6.45, 7) is 9.39. The van der Waals surface area contributed by atoms with Crippen LogP contribution in [0.4, 0.5) is 0 Å². The molecule has 1 saturated heterocycles. The van der Waals surface area contributed by atoms with Crippen LogP contribution in [0.25, 0.3) is 0 Å². The minimum absolute atomic E-state index is 0.0487. The lowest BCUT2D eigenvalue weighted by Gasteiger charge is -2.24. The molecule has 0 spiro atoms. The van der Waals surface area contributed by atoms with Crippen LogP contribution in [0.15, 0.2) is 11.6 Å². The lowest BCUT2D eigenvalue weighted by molar-refractivity contribution is -0.152. The van der Waals surface area contributed by atoms with E-state index in [2.05, 4.69) is 0 Å². The number of allylic oxidation sites excluding steroid dienone is 1. The summed E-state index contributed by atoms with van der Waals surface area (Å²) in [6, 6.07) is 0. The standard InChI is InChI=1S/C11H18O3/c1-8(7-12)6-11(5)9(2)13-10(3,4)14-11/h6-7,9H,1-5H3/b8-6+/t9-,11-/m1/s1. The number of hydrogen-bond donors (Lipinski definition) is 0. The number of ether oxygens (including phenoxy) is 2. The Bertz CT molecular complexity index is 268. The van der Waals surface area contributed by atoms with Gasteiger partial charge in [0.1, 0.15) is 11.9 Å². The predicted octanol–water partition coefficient (Wildman–Crippen LogP) is 2.06. The first-order valence-corrected chi connectivity index (χ1v) is 4.82. The Hall–Kier alpha value is -0.670. The molecule has 3 nitrogen and oxygen atoms in total. The molecule has 1 fully saturated rings. The zero-order valence-corrected chi connectivity index (χ0v) is 9.46. The van der Waals surface area contributed by atoms with Crippen molar-refractivity contribution in [3.8, 4) is 0 Å². The molecule has 0 aromatic carbocycles. The molecule has 0 aliphatic carbocycles. The normalized spacial score (nSPS) is 37.2. The molecule has 3 heteroatoms. The lowest BCUT2D eigenvalue weighted by Crippen LogP contribution is -2.33. The molecular weight excluding hydrogens is 180 g/mol. The van der Waals surface area contributed by atoms with Crippen molar-refractivity contribution in [2.45, 2.75) is 52.1 Å². The van der Waals surface area contributed by atoms with Gasteiger partial charge in [-0.25, -0.2) is 0 Å². The van der Waals surface area contributed by atoms with Crippen LogP contribution in [-0.4, -0.2) is 23.8 Å². The molecule has 0 saturated carbocycles. The second kappa shape index (κ2) is 3.48. The molecule has 1 rings (SSSR count). The Kier molecular flexibility index (Phi) is 2.83. The van der Waals surface area contributed by atoms with Gasteiger partial charge in [0.25, 0.3) is 0 Å². The van der Waals surface area contributed by atoms with Crippen LogP contribution in [0.3, 0.4) is 0 Å². The van der Waals surface area contributed by atoms with Crippen molar-refractivity contribution in [1.29, 1.82) is 0 Å². The van der Waals surface area contributed by atoms with E-state index in [4.69, 9.17) is 9.47 Å². The summed E-state index contributed by atoms with van der Waals surface area (Å²) in [5.41, 5.74) is 0.162. The van der Waals surface area contributed by atoms with Crippen molar-refractivity contribution in [2.75, 3.05) is 0 Å². The van der Waals surface area contributed by atoms with Gasteiger partial charge in [0.05, 0.1) is 6.10 Å². The molecule has 0 amide bonds. The Labute approximate surface area is 85.1 Å². The third kappa shape index (κ3) is 2.22. The van der Waals surface area contributed by atoms with Gasteiger partial charge >= 0.3 is 0 Å². The van der Waals surface area contributed by atoms with Gasteiger partial charge in [0.2, 0.25) is 0 Å². The van der Waals surface area contributed by atoms with Crippen LogP contribution in [0.2, 0.25) is 0 Å². The molecule has 0 unspecified atom stereocenters. The maximum atomic E-state index is 10.5. The first kappa shape index (κ1) is 11.4. The lowest BCUT2D eigenvalue weighted by atomic mass is 9.98. The Morgan fingerprint density at radius 1 is 1.36 bits per heavy atom. The van der Waals surface area contributed by atoms with Crippen LogP contribution >= 0.6 is 0 Å². The van der Waals surface area contributed by atoms with Gasteiger partial charge in [-0.3, -0.25) is 4.79 Å². The second-order valence-corrected chi connectivity index (χ2v) is 4.45. The van der Waals surface area contributed by atoms with E-state index < -0.39 is 11.4 Å². The fourth-order valence-corrected chi connectivity index (χ4v) is 1.81. The maximum Gasteiger partial charge on any atom is 0.164 e. The van der Waals surface area contributed by atoms with E-state index in [1.807, 2.05) is 33.8 Å². The van der Waals surface area contributed by atoms with E-state index in [0.29, 0.717) is 5.57 Å². The quantitative estimate of drug-likeness (QED) is 0.503. The number of carbonyl (C=O) groups is 1. The highest BCUT2D eigenvalue weighted by atomic mass is 16.8. The highest BCUT2D eigenvalue weighted by Crippen LogP contribution is 2.37. The van der Waals surface area contributed by atoms with Crippen LogP contribution in [0.1, 0.15) is 34.6 Å². The van der Waals surface area contributed by atoms with E-state index in [9.17, 15) is 4.79 Å². The van der Waals surface area contributed by atoms with E-state index >= 15 is 0 Å². The molecule has 0 bridgehead atoms. The zero-order valence-electron chi connectivity index (χ0n) is 9.46. The van der Waals surface area contributed by atoms with Crippen LogP contribution in [0, 0.1) is 0 Å². The molecule has 0 N–H and O–H groups in total. The van der Waals surface area contributed by atoms with E-state index in [1.165, 1.54) is 0 Å². The van der Waals surface area contributed by atoms with E-state index in [-0.39, 0.29) is 6.10 Å². The molecule has 1 aliphatic heterocycles. The Morgan fingerprint density at radius 2 is 1.93 bits per heavy atom. The van der Waals surface area contributed by atoms with E-state index in [0.717, 1.165) is 6.29 Å². The Balaban J connectivity index is 2.91. The third-order valence-corrected chi connectivity index (χ3v) is 2.43. The van der Waals surface area contributed by atoms with E-state index in [1.54, 1.807) is 6.92 Å². The van der Waals surface area contributed by atoms with Gasteiger partial charge in [-0.05, 0) is 46.3 Å². The fourth-order valence-electron chi connectivity index (χ4n) is 1.81. The van der Waals surface area contributed by atoms with Crippen LogP contribution < -0.4 is 0 Å². The number of carbonyl (C=O) groups excluding carboxylic acids is 1. The van der Waals surface area contributed by atoms with Crippen LogP contribution in [0.5, 0.6) is 0 Å². The molecule has 14 heavy (non-hydrogen) atoms. The highest BCUT2D eigenvalue weighted by molar-refractivity contribution is 5.72. The molecule has 0 aromatic rings. The first-order valence-electron chi connectivity index (χ1n) is 4.82. The summed E-state index contributed by atoms with van der Waals surface area (Å²) < 4.78 is 11.4. The zero-order chi connectivity index (χ0) is 11.0. The molecular formula is C11H18O3. The summed E-state index contributed by atoms with van der Waals surface area (Å²) in [6.07, 6.45) is 2.60. The SMILES string of the molecule is C/C(C=O)=C\[C@@]1(C)OC(C)(C)O[C@@H]1C. The highest BCUT2D eigenvalue weighted by Gasteiger charge is 2.46. The number of rotatable bonds is 2.